The summed E-state index contributed by atoms with van der Waals surface area (Å²) >= 11 is 0. The van der Waals surface area contributed by atoms with Gasteiger partial charge in [-0.05, 0) is 39.6 Å². The molecule has 1 heterocycles. The van der Waals surface area contributed by atoms with Crippen molar-refractivity contribution in [1.82, 2.24) is 14.6 Å². The molecule has 0 radical (unpaired) electrons. The van der Waals surface area contributed by atoms with E-state index in [4.69, 9.17) is 0 Å². The molecule has 1 atom stereocenters. The zero-order valence-electron chi connectivity index (χ0n) is 12.5. The van der Waals surface area contributed by atoms with Gasteiger partial charge in [0.2, 0.25) is 10.0 Å². The number of sulfonamides is 1. The van der Waals surface area contributed by atoms with Crippen molar-refractivity contribution >= 4 is 15.8 Å². The number of nitrogens with one attached hydrogen (secondary N) is 2. The number of anilines is 1. The molecule has 0 spiro atoms. The van der Waals surface area contributed by atoms with Gasteiger partial charge in [-0.25, -0.2) is 18.1 Å². The molecule has 0 aliphatic heterocycles. The van der Waals surface area contributed by atoms with Crippen LogP contribution in [0.2, 0.25) is 0 Å². The Bertz CT molecular complexity index is 517. The quantitative estimate of drug-likeness (QED) is 0.753. The Hall–Kier alpha value is -1.18. The molecule has 0 saturated carbocycles. The largest absolute Gasteiger partial charge is 0.369 e. The van der Waals surface area contributed by atoms with Crippen LogP contribution in [0, 0.1) is 0 Å². The first-order chi connectivity index (χ1) is 9.36. The fourth-order valence-corrected chi connectivity index (χ4v) is 3.27. The number of nitrogens with zero attached hydrogens (tertiary/aromatic N) is 2. The van der Waals surface area contributed by atoms with Crippen LogP contribution in [-0.2, 0) is 10.0 Å². The van der Waals surface area contributed by atoms with E-state index < -0.39 is 10.0 Å². The van der Waals surface area contributed by atoms with Crippen LogP contribution in [0.15, 0.2) is 23.2 Å². The lowest BCUT2D eigenvalue weighted by Gasteiger charge is -2.19. The topological polar surface area (TPSA) is 74.3 Å². The average molecular weight is 300 g/mol. The molecule has 0 saturated heterocycles. The number of hydrogen-bond donors (Lipinski definition) is 2. The first-order valence-corrected chi connectivity index (χ1v) is 8.21. The molecule has 0 bridgehead atoms. The summed E-state index contributed by atoms with van der Waals surface area (Å²) in [6, 6.07) is 3.02. The lowest BCUT2D eigenvalue weighted by molar-refractivity contribution is 0.370. The van der Waals surface area contributed by atoms with Gasteiger partial charge in [0, 0.05) is 25.3 Å². The Kier molecular flexibility index (Phi) is 6.38. The molecule has 1 aromatic heterocycles. The third-order valence-corrected chi connectivity index (χ3v) is 4.22. The molecule has 0 aliphatic carbocycles. The summed E-state index contributed by atoms with van der Waals surface area (Å²) in [7, 11) is 0.244. The van der Waals surface area contributed by atoms with Gasteiger partial charge in [-0.3, -0.25) is 0 Å². The molecule has 0 amide bonds. The van der Waals surface area contributed by atoms with Crippen LogP contribution < -0.4 is 10.0 Å². The minimum Gasteiger partial charge on any atom is -0.369 e. The predicted molar refractivity (Wildman–Crippen MR) is 81.4 cm³/mol. The average Bonchev–Trinajstić information content (AvgIpc) is 2.34. The lowest BCUT2D eigenvalue weighted by atomic mass is 10.3. The van der Waals surface area contributed by atoms with E-state index in [1.54, 1.807) is 18.3 Å². The molecule has 0 aromatic carbocycles. The molecule has 0 fully saturated rings. The van der Waals surface area contributed by atoms with Crippen molar-refractivity contribution in [2.75, 3.05) is 32.5 Å². The smallest absolute Gasteiger partial charge is 0.244 e. The van der Waals surface area contributed by atoms with E-state index >= 15 is 0 Å². The van der Waals surface area contributed by atoms with E-state index in [1.165, 1.54) is 0 Å². The fraction of sp³-hybridized carbons (Fsp3) is 0.615. The summed E-state index contributed by atoms with van der Waals surface area (Å²) < 4.78 is 27.5. The van der Waals surface area contributed by atoms with E-state index in [-0.39, 0.29) is 10.9 Å². The summed E-state index contributed by atoms with van der Waals surface area (Å²) in [5.74, 6) is 0.402. The molecular weight excluding hydrogens is 276 g/mol. The van der Waals surface area contributed by atoms with Gasteiger partial charge in [0.15, 0.2) is 0 Å². The summed E-state index contributed by atoms with van der Waals surface area (Å²) in [6.45, 7) is 5.18. The van der Waals surface area contributed by atoms with Crippen molar-refractivity contribution in [3.05, 3.63) is 18.3 Å². The van der Waals surface area contributed by atoms with E-state index in [2.05, 4.69) is 15.0 Å². The first kappa shape index (κ1) is 16.9. The number of likely N-dealkylation sites (N-methyl/N-ethyl adjacent to an activating group) is 1. The maximum Gasteiger partial charge on any atom is 0.244 e. The molecule has 20 heavy (non-hydrogen) atoms. The van der Waals surface area contributed by atoms with Gasteiger partial charge in [-0.15, -0.1) is 0 Å². The standard InChI is InChI=1S/C13H24N4O2S/c1-5-8-14-13-12(7-6-9-15-13)20(18,19)16-11(2)10-17(3)4/h6-7,9,11,16H,5,8,10H2,1-4H3,(H,14,15). The zero-order chi connectivity index (χ0) is 15.2. The highest BCUT2D eigenvalue weighted by Gasteiger charge is 2.21. The zero-order valence-corrected chi connectivity index (χ0v) is 13.4. The van der Waals surface area contributed by atoms with E-state index in [1.807, 2.05) is 32.8 Å². The van der Waals surface area contributed by atoms with Gasteiger partial charge in [0.1, 0.15) is 10.7 Å². The van der Waals surface area contributed by atoms with Crippen molar-refractivity contribution < 1.29 is 8.42 Å². The van der Waals surface area contributed by atoms with Crippen molar-refractivity contribution in [2.24, 2.45) is 0 Å². The monoisotopic (exact) mass is 300 g/mol. The second kappa shape index (κ2) is 7.56. The molecular formula is C13H24N4O2S. The Morgan fingerprint density at radius 3 is 2.70 bits per heavy atom. The highest BCUT2D eigenvalue weighted by atomic mass is 32.2. The van der Waals surface area contributed by atoms with Crippen LogP contribution in [0.25, 0.3) is 0 Å². The summed E-state index contributed by atoms with van der Waals surface area (Å²) in [5.41, 5.74) is 0. The second-order valence-electron chi connectivity index (χ2n) is 5.06. The predicted octanol–water partition coefficient (Wildman–Crippen LogP) is 1.13. The maximum atomic E-state index is 12.4. The number of pyridine rings is 1. The number of hydrogen-bond acceptors (Lipinski definition) is 5. The van der Waals surface area contributed by atoms with Crippen molar-refractivity contribution in [2.45, 2.75) is 31.2 Å². The van der Waals surface area contributed by atoms with Crippen LogP contribution in [0.3, 0.4) is 0 Å². The van der Waals surface area contributed by atoms with Gasteiger partial charge in [0.05, 0.1) is 0 Å². The number of rotatable bonds is 8. The van der Waals surface area contributed by atoms with E-state index in [9.17, 15) is 8.42 Å². The second-order valence-corrected chi connectivity index (χ2v) is 6.74. The first-order valence-electron chi connectivity index (χ1n) is 6.72. The third-order valence-electron chi connectivity index (χ3n) is 2.60. The summed E-state index contributed by atoms with van der Waals surface area (Å²) in [4.78, 5) is 6.24. The van der Waals surface area contributed by atoms with Crippen LogP contribution in [0.4, 0.5) is 5.82 Å². The molecule has 2 N–H and O–H groups in total. The molecule has 1 aromatic rings. The van der Waals surface area contributed by atoms with Crippen LogP contribution in [0.1, 0.15) is 20.3 Å². The van der Waals surface area contributed by atoms with Crippen LogP contribution >= 0.6 is 0 Å². The highest BCUT2D eigenvalue weighted by Crippen LogP contribution is 2.18. The van der Waals surface area contributed by atoms with Crippen molar-refractivity contribution in [3.8, 4) is 0 Å². The maximum absolute atomic E-state index is 12.4. The van der Waals surface area contributed by atoms with E-state index in [0.717, 1.165) is 6.42 Å². The minimum atomic E-state index is -3.57. The Labute approximate surface area is 121 Å². The van der Waals surface area contributed by atoms with Gasteiger partial charge in [0.25, 0.3) is 0 Å². The van der Waals surface area contributed by atoms with Gasteiger partial charge >= 0.3 is 0 Å². The molecule has 114 valence electrons. The Balaban J connectivity index is 2.91. The van der Waals surface area contributed by atoms with Gasteiger partial charge < -0.3 is 10.2 Å². The van der Waals surface area contributed by atoms with E-state index in [0.29, 0.717) is 18.9 Å². The molecule has 6 nitrogen and oxygen atoms in total. The number of aromatic nitrogens is 1. The summed E-state index contributed by atoms with van der Waals surface area (Å²) in [6.07, 6.45) is 2.49. The molecule has 1 rings (SSSR count). The Morgan fingerprint density at radius 1 is 1.40 bits per heavy atom. The van der Waals surface area contributed by atoms with Crippen molar-refractivity contribution in [1.29, 1.82) is 0 Å². The normalized spacial score (nSPS) is 13.4. The van der Waals surface area contributed by atoms with Crippen LogP contribution in [-0.4, -0.2) is 51.5 Å². The molecule has 7 heteroatoms. The molecule has 1 unspecified atom stereocenters. The fourth-order valence-electron chi connectivity index (χ4n) is 1.90. The highest BCUT2D eigenvalue weighted by molar-refractivity contribution is 7.89. The van der Waals surface area contributed by atoms with Crippen molar-refractivity contribution in [3.63, 3.8) is 0 Å². The lowest BCUT2D eigenvalue weighted by Crippen LogP contribution is -2.39. The Morgan fingerprint density at radius 2 is 2.10 bits per heavy atom. The minimum absolute atomic E-state index is 0.172. The third kappa shape index (κ3) is 5.07. The van der Waals surface area contributed by atoms with Gasteiger partial charge in [-0.1, -0.05) is 6.92 Å². The summed E-state index contributed by atoms with van der Waals surface area (Å²) in [5, 5.41) is 3.04. The van der Waals surface area contributed by atoms with Crippen LogP contribution in [0.5, 0.6) is 0 Å². The van der Waals surface area contributed by atoms with Gasteiger partial charge in [-0.2, -0.15) is 0 Å². The SMILES string of the molecule is CCCNc1ncccc1S(=O)(=O)NC(C)CN(C)C. The molecule has 0 aliphatic rings.